The number of aryl methyl sites for hydroxylation is 1. The number of anilines is 1. The lowest BCUT2D eigenvalue weighted by molar-refractivity contribution is -0.116. The van der Waals surface area contributed by atoms with Gasteiger partial charge in [0.25, 0.3) is 0 Å². The fourth-order valence-corrected chi connectivity index (χ4v) is 1.99. The van der Waals surface area contributed by atoms with E-state index >= 15 is 0 Å². The van der Waals surface area contributed by atoms with Crippen LogP contribution in [0.5, 0.6) is 5.75 Å². The molecule has 2 aromatic rings. The summed E-state index contributed by atoms with van der Waals surface area (Å²) in [4.78, 5) is 15.8. The SMILES string of the molecule is Cc1cccc(OCCC(=O)Nc2ncccc2Br)c1. The van der Waals surface area contributed by atoms with Crippen LogP contribution in [-0.2, 0) is 4.79 Å². The Morgan fingerprint density at radius 2 is 2.20 bits per heavy atom. The molecule has 1 aromatic heterocycles. The maximum absolute atomic E-state index is 11.8. The second-order valence-corrected chi connectivity index (χ2v) is 5.15. The minimum atomic E-state index is -0.128. The molecule has 0 saturated heterocycles. The van der Waals surface area contributed by atoms with E-state index in [0.29, 0.717) is 12.4 Å². The molecule has 1 N–H and O–H groups in total. The Morgan fingerprint density at radius 3 is 2.95 bits per heavy atom. The Bertz CT molecular complexity index is 602. The number of aromatic nitrogens is 1. The van der Waals surface area contributed by atoms with E-state index in [1.54, 1.807) is 12.3 Å². The lowest BCUT2D eigenvalue weighted by atomic mass is 10.2. The van der Waals surface area contributed by atoms with Crippen molar-refractivity contribution >= 4 is 27.7 Å². The van der Waals surface area contributed by atoms with E-state index in [-0.39, 0.29) is 12.3 Å². The van der Waals surface area contributed by atoms with Gasteiger partial charge in [-0.1, -0.05) is 12.1 Å². The van der Waals surface area contributed by atoms with Crippen LogP contribution in [-0.4, -0.2) is 17.5 Å². The van der Waals surface area contributed by atoms with Gasteiger partial charge in [-0.15, -0.1) is 0 Å². The van der Waals surface area contributed by atoms with Gasteiger partial charge in [0, 0.05) is 6.20 Å². The molecule has 2 rings (SSSR count). The minimum Gasteiger partial charge on any atom is -0.493 e. The third-order valence-electron chi connectivity index (χ3n) is 2.60. The van der Waals surface area contributed by atoms with Gasteiger partial charge in [0.15, 0.2) is 0 Å². The number of pyridine rings is 1. The Hall–Kier alpha value is -1.88. The first-order valence-corrected chi connectivity index (χ1v) is 7.04. The third kappa shape index (κ3) is 4.35. The molecule has 0 aliphatic rings. The van der Waals surface area contributed by atoms with Crippen LogP contribution in [0.25, 0.3) is 0 Å². The summed E-state index contributed by atoms with van der Waals surface area (Å²) in [7, 11) is 0. The molecule has 1 aromatic carbocycles. The van der Waals surface area contributed by atoms with Crippen molar-refractivity contribution in [3.8, 4) is 5.75 Å². The molecular formula is C15H15BrN2O2. The summed E-state index contributed by atoms with van der Waals surface area (Å²) in [6.07, 6.45) is 1.90. The van der Waals surface area contributed by atoms with Gasteiger partial charge in [-0.3, -0.25) is 4.79 Å². The summed E-state index contributed by atoms with van der Waals surface area (Å²) in [6, 6.07) is 11.4. The predicted octanol–water partition coefficient (Wildman–Crippen LogP) is 3.56. The smallest absolute Gasteiger partial charge is 0.228 e. The first kappa shape index (κ1) is 14.5. The van der Waals surface area contributed by atoms with Gasteiger partial charge in [0.1, 0.15) is 11.6 Å². The van der Waals surface area contributed by atoms with Gasteiger partial charge < -0.3 is 10.1 Å². The standard InChI is InChI=1S/C15H15BrN2O2/c1-11-4-2-5-12(10-11)20-9-7-14(19)18-15-13(16)6-3-8-17-15/h2-6,8,10H,7,9H2,1H3,(H,17,18,19). The number of ether oxygens (including phenoxy) is 1. The number of benzene rings is 1. The fourth-order valence-electron chi connectivity index (χ4n) is 1.64. The monoisotopic (exact) mass is 334 g/mol. The molecule has 0 fully saturated rings. The van der Waals surface area contributed by atoms with E-state index in [1.807, 2.05) is 37.3 Å². The molecule has 5 heteroatoms. The van der Waals surface area contributed by atoms with E-state index in [1.165, 1.54) is 0 Å². The van der Waals surface area contributed by atoms with Gasteiger partial charge in [-0.05, 0) is 52.7 Å². The third-order valence-corrected chi connectivity index (χ3v) is 3.24. The quantitative estimate of drug-likeness (QED) is 0.909. The molecule has 0 bridgehead atoms. The molecule has 104 valence electrons. The molecule has 0 saturated carbocycles. The van der Waals surface area contributed by atoms with Crippen molar-refractivity contribution in [2.75, 3.05) is 11.9 Å². The van der Waals surface area contributed by atoms with Gasteiger partial charge in [-0.25, -0.2) is 4.98 Å². The Balaban J connectivity index is 1.80. The summed E-state index contributed by atoms with van der Waals surface area (Å²) >= 11 is 3.33. The first-order chi connectivity index (χ1) is 9.65. The van der Waals surface area contributed by atoms with Crippen LogP contribution >= 0.6 is 15.9 Å². The highest BCUT2D eigenvalue weighted by Gasteiger charge is 2.06. The van der Waals surface area contributed by atoms with Crippen LogP contribution in [0.3, 0.4) is 0 Å². The second kappa shape index (κ2) is 7.05. The van der Waals surface area contributed by atoms with Gasteiger partial charge in [0.2, 0.25) is 5.91 Å². The molecule has 20 heavy (non-hydrogen) atoms. The van der Waals surface area contributed by atoms with Crippen molar-refractivity contribution in [1.82, 2.24) is 4.98 Å². The number of hydrogen-bond donors (Lipinski definition) is 1. The average Bonchev–Trinajstić information content (AvgIpc) is 2.41. The van der Waals surface area contributed by atoms with E-state index < -0.39 is 0 Å². The molecule has 4 nitrogen and oxygen atoms in total. The Morgan fingerprint density at radius 1 is 1.35 bits per heavy atom. The van der Waals surface area contributed by atoms with Crippen LogP contribution in [0.2, 0.25) is 0 Å². The first-order valence-electron chi connectivity index (χ1n) is 6.25. The van der Waals surface area contributed by atoms with Crippen LogP contribution in [0.15, 0.2) is 47.1 Å². The summed E-state index contributed by atoms with van der Waals surface area (Å²) in [6.45, 7) is 2.33. The average molecular weight is 335 g/mol. The summed E-state index contributed by atoms with van der Waals surface area (Å²) in [5.74, 6) is 1.17. The van der Waals surface area contributed by atoms with E-state index in [0.717, 1.165) is 15.8 Å². The highest BCUT2D eigenvalue weighted by molar-refractivity contribution is 9.10. The van der Waals surface area contributed by atoms with Gasteiger partial charge >= 0.3 is 0 Å². The lowest BCUT2D eigenvalue weighted by Gasteiger charge is -2.08. The molecule has 1 amide bonds. The van der Waals surface area contributed by atoms with E-state index in [4.69, 9.17) is 4.74 Å². The number of nitrogens with one attached hydrogen (secondary N) is 1. The zero-order chi connectivity index (χ0) is 14.4. The number of amides is 1. The Labute approximate surface area is 126 Å². The Kier molecular flexibility index (Phi) is 5.12. The van der Waals surface area contributed by atoms with E-state index in [9.17, 15) is 4.79 Å². The van der Waals surface area contributed by atoms with Crippen molar-refractivity contribution < 1.29 is 9.53 Å². The number of nitrogens with zero attached hydrogens (tertiary/aromatic N) is 1. The van der Waals surface area contributed by atoms with Crippen LogP contribution < -0.4 is 10.1 Å². The summed E-state index contributed by atoms with van der Waals surface area (Å²) in [5.41, 5.74) is 1.13. The molecule has 0 aliphatic carbocycles. The van der Waals surface area contributed by atoms with Crippen LogP contribution in [0.4, 0.5) is 5.82 Å². The lowest BCUT2D eigenvalue weighted by Crippen LogP contribution is -2.16. The maximum atomic E-state index is 11.8. The second-order valence-electron chi connectivity index (χ2n) is 4.30. The zero-order valence-corrected chi connectivity index (χ0v) is 12.7. The van der Waals surface area contributed by atoms with Crippen LogP contribution in [0.1, 0.15) is 12.0 Å². The van der Waals surface area contributed by atoms with E-state index in [2.05, 4.69) is 26.2 Å². The summed E-state index contributed by atoms with van der Waals surface area (Å²) < 4.78 is 6.29. The fraction of sp³-hybridized carbons (Fsp3) is 0.200. The van der Waals surface area contributed by atoms with Crippen molar-refractivity contribution in [2.24, 2.45) is 0 Å². The molecular weight excluding hydrogens is 320 g/mol. The number of carbonyl (C=O) groups excluding carboxylic acids is 1. The molecule has 0 atom stereocenters. The normalized spacial score (nSPS) is 10.1. The number of hydrogen-bond acceptors (Lipinski definition) is 3. The topological polar surface area (TPSA) is 51.2 Å². The van der Waals surface area contributed by atoms with Crippen molar-refractivity contribution in [3.05, 3.63) is 52.6 Å². The number of rotatable bonds is 5. The zero-order valence-electron chi connectivity index (χ0n) is 11.1. The summed E-state index contributed by atoms with van der Waals surface area (Å²) in [5, 5.41) is 2.73. The highest BCUT2D eigenvalue weighted by atomic mass is 79.9. The molecule has 0 aliphatic heterocycles. The van der Waals surface area contributed by atoms with Gasteiger partial charge in [0.05, 0.1) is 17.5 Å². The molecule has 0 radical (unpaired) electrons. The number of carbonyl (C=O) groups is 1. The molecule has 0 unspecified atom stereocenters. The van der Waals surface area contributed by atoms with Crippen molar-refractivity contribution in [3.63, 3.8) is 0 Å². The van der Waals surface area contributed by atoms with Crippen molar-refractivity contribution in [2.45, 2.75) is 13.3 Å². The molecule has 1 heterocycles. The van der Waals surface area contributed by atoms with Crippen molar-refractivity contribution in [1.29, 1.82) is 0 Å². The molecule has 0 spiro atoms. The van der Waals surface area contributed by atoms with Crippen LogP contribution in [0, 0.1) is 6.92 Å². The highest BCUT2D eigenvalue weighted by Crippen LogP contribution is 2.18. The maximum Gasteiger partial charge on any atom is 0.228 e. The van der Waals surface area contributed by atoms with Gasteiger partial charge in [-0.2, -0.15) is 0 Å². The number of halogens is 1. The minimum absolute atomic E-state index is 0.128. The largest absolute Gasteiger partial charge is 0.493 e. The predicted molar refractivity (Wildman–Crippen MR) is 81.9 cm³/mol.